The van der Waals surface area contributed by atoms with Gasteiger partial charge in [0.15, 0.2) is 5.76 Å². The standard InChI is InChI=1S/C26H35NO5/c1-16(2)14-17-6-8-19(9-7-17)25-23(18-10-11-18)24(27-32-25)20(12-13-21(28)29)15-22(30)31-26(3,4)5/h6-9,16,18,20H,10-15H2,1-5H3,(H,28,29). The number of carboxylic acids is 1. The summed E-state index contributed by atoms with van der Waals surface area (Å²) in [7, 11) is 0. The number of benzene rings is 1. The highest BCUT2D eigenvalue weighted by Gasteiger charge is 2.36. The molecule has 2 aromatic rings. The molecule has 6 nitrogen and oxygen atoms in total. The van der Waals surface area contributed by atoms with Gasteiger partial charge in [-0.15, -0.1) is 0 Å². The highest BCUT2D eigenvalue weighted by atomic mass is 16.6. The number of hydrogen-bond acceptors (Lipinski definition) is 5. The van der Waals surface area contributed by atoms with Crippen LogP contribution in [0.4, 0.5) is 0 Å². The van der Waals surface area contributed by atoms with E-state index in [0.29, 0.717) is 24.0 Å². The van der Waals surface area contributed by atoms with Crippen LogP contribution in [0.5, 0.6) is 0 Å². The predicted molar refractivity (Wildman–Crippen MR) is 123 cm³/mol. The highest BCUT2D eigenvalue weighted by molar-refractivity contribution is 5.72. The van der Waals surface area contributed by atoms with Crippen molar-refractivity contribution in [2.75, 3.05) is 0 Å². The quantitative estimate of drug-likeness (QED) is 0.448. The molecular formula is C26H35NO5. The van der Waals surface area contributed by atoms with E-state index in [9.17, 15) is 14.7 Å². The minimum absolute atomic E-state index is 0.0380. The minimum Gasteiger partial charge on any atom is -0.481 e. The average molecular weight is 442 g/mol. The molecule has 0 radical (unpaired) electrons. The normalized spacial score (nSPS) is 15.1. The number of rotatable bonds is 10. The second kappa shape index (κ2) is 9.88. The van der Waals surface area contributed by atoms with Crippen LogP contribution in [0, 0.1) is 5.92 Å². The maximum absolute atomic E-state index is 12.6. The zero-order chi connectivity index (χ0) is 23.5. The summed E-state index contributed by atoms with van der Waals surface area (Å²) >= 11 is 0. The lowest BCUT2D eigenvalue weighted by Gasteiger charge is -2.22. The van der Waals surface area contributed by atoms with Gasteiger partial charge in [-0.2, -0.15) is 0 Å². The van der Waals surface area contributed by atoms with Crippen LogP contribution in [0.25, 0.3) is 11.3 Å². The lowest BCUT2D eigenvalue weighted by atomic mass is 9.89. The number of carbonyl (C=O) groups excluding carboxylic acids is 1. The number of hydrogen-bond donors (Lipinski definition) is 1. The van der Waals surface area contributed by atoms with Crippen molar-refractivity contribution in [1.82, 2.24) is 5.16 Å². The molecule has 1 aliphatic rings. The second-order valence-electron chi connectivity index (χ2n) is 10.3. The molecule has 0 aliphatic heterocycles. The van der Waals surface area contributed by atoms with E-state index < -0.39 is 11.6 Å². The smallest absolute Gasteiger partial charge is 0.306 e. The van der Waals surface area contributed by atoms with Gasteiger partial charge in [0.2, 0.25) is 0 Å². The zero-order valence-electron chi connectivity index (χ0n) is 19.8. The summed E-state index contributed by atoms with van der Waals surface area (Å²) < 4.78 is 11.3. The van der Waals surface area contributed by atoms with Crippen LogP contribution in [0.3, 0.4) is 0 Å². The van der Waals surface area contributed by atoms with Crippen molar-refractivity contribution in [3.05, 3.63) is 41.1 Å². The SMILES string of the molecule is CC(C)Cc1ccc(-c2onc(C(CCC(=O)O)CC(=O)OC(C)(C)C)c2C2CC2)cc1. The Morgan fingerprint density at radius 1 is 1.19 bits per heavy atom. The Morgan fingerprint density at radius 3 is 2.38 bits per heavy atom. The Bertz CT molecular complexity index is 932. The average Bonchev–Trinajstić information content (AvgIpc) is 3.42. The summed E-state index contributed by atoms with van der Waals surface area (Å²) in [5, 5.41) is 13.6. The molecular weight excluding hydrogens is 406 g/mol. The fourth-order valence-electron chi connectivity index (χ4n) is 4.06. The van der Waals surface area contributed by atoms with E-state index in [0.717, 1.165) is 36.1 Å². The van der Waals surface area contributed by atoms with E-state index >= 15 is 0 Å². The molecule has 1 N–H and O–H groups in total. The van der Waals surface area contributed by atoms with E-state index in [-0.39, 0.29) is 24.7 Å². The third kappa shape index (κ3) is 6.68. The molecule has 174 valence electrons. The van der Waals surface area contributed by atoms with Gasteiger partial charge in [-0.1, -0.05) is 43.3 Å². The van der Waals surface area contributed by atoms with Crippen molar-refractivity contribution in [3.63, 3.8) is 0 Å². The Balaban J connectivity index is 1.90. The first kappa shape index (κ1) is 24.0. The van der Waals surface area contributed by atoms with Crippen LogP contribution in [-0.4, -0.2) is 27.8 Å². The van der Waals surface area contributed by atoms with E-state index in [1.807, 2.05) is 20.8 Å². The molecule has 0 amide bonds. The Morgan fingerprint density at radius 2 is 1.84 bits per heavy atom. The van der Waals surface area contributed by atoms with Gasteiger partial charge >= 0.3 is 11.9 Å². The molecule has 6 heteroatoms. The minimum atomic E-state index is -0.892. The molecule has 1 aromatic carbocycles. The first-order chi connectivity index (χ1) is 15.0. The lowest BCUT2D eigenvalue weighted by molar-refractivity contribution is -0.155. The van der Waals surface area contributed by atoms with Gasteiger partial charge in [-0.05, 0) is 63.9 Å². The molecule has 0 bridgehead atoms. The maximum atomic E-state index is 12.6. The van der Waals surface area contributed by atoms with Gasteiger partial charge in [-0.3, -0.25) is 9.59 Å². The van der Waals surface area contributed by atoms with E-state index in [1.165, 1.54) is 5.56 Å². The van der Waals surface area contributed by atoms with Crippen LogP contribution in [0.2, 0.25) is 0 Å². The van der Waals surface area contributed by atoms with Crippen molar-refractivity contribution >= 4 is 11.9 Å². The molecule has 1 atom stereocenters. The van der Waals surface area contributed by atoms with Crippen LogP contribution < -0.4 is 0 Å². The number of nitrogens with zero attached hydrogens (tertiary/aromatic N) is 1. The number of esters is 1. The summed E-state index contributed by atoms with van der Waals surface area (Å²) in [6, 6.07) is 8.37. The highest BCUT2D eigenvalue weighted by Crippen LogP contribution is 2.48. The zero-order valence-corrected chi connectivity index (χ0v) is 19.8. The summed E-state index contributed by atoms with van der Waals surface area (Å²) in [6.45, 7) is 9.87. The Hall–Kier alpha value is -2.63. The molecule has 1 unspecified atom stereocenters. The fourth-order valence-corrected chi connectivity index (χ4v) is 4.06. The van der Waals surface area contributed by atoms with Gasteiger partial charge < -0.3 is 14.4 Å². The van der Waals surface area contributed by atoms with Crippen LogP contribution in [0.15, 0.2) is 28.8 Å². The van der Waals surface area contributed by atoms with Crippen LogP contribution in [0.1, 0.15) is 95.4 Å². The summed E-state index contributed by atoms with van der Waals surface area (Å²) in [4.78, 5) is 23.8. The predicted octanol–water partition coefficient (Wildman–Crippen LogP) is 6.10. The van der Waals surface area contributed by atoms with Crippen LogP contribution in [-0.2, 0) is 20.7 Å². The third-order valence-electron chi connectivity index (χ3n) is 5.53. The lowest BCUT2D eigenvalue weighted by Crippen LogP contribution is -2.25. The van der Waals surface area contributed by atoms with Crippen molar-refractivity contribution < 1.29 is 24.0 Å². The van der Waals surface area contributed by atoms with Crippen molar-refractivity contribution in [2.45, 2.75) is 90.6 Å². The molecule has 1 heterocycles. The number of ether oxygens (including phenoxy) is 1. The van der Waals surface area contributed by atoms with Crippen molar-refractivity contribution in [1.29, 1.82) is 0 Å². The molecule has 1 fully saturated rings. The second-order valence-corrected chi connectivity index (χ2v) is 10.3. The number of carbonyl (C=O) groups is 2. The molecule has 1 saturated carbocycles. The largest absolute Gasteiger partial charge is 0.481 e. The molecule has 0 spiro atoms. The van der Waals surface area contributed by atoms with Gasteiger partial charge in [-0.25, -0.2) is 0 Å². The maximum Gasteiger partial charge on any atom is 0.306 e. The van der Waals surface area contributed by atoms with E-state index in [4.69, 9.17) is 9.26 Å². The first-order valence-corrected chi connectivity index (χ1v) is 11.6. The molecule has 32 heavy (non-hydrogen) atoms. The molecule has 1 aromatic heterocycles. The topological polar surface area (TPSA) is 89.6 Å². The summed E-state index contributed by atoms with van der Waals surface area (Å²) in [6.07, 6.45) is 3.47. The van der Waals surface area contributed by atoms with Crippen LogP contribution >= 0.6 is 0 Å². The first-order valence-electron chi connectivity index (χ1n) is 11.6. The van der Waals surface area contributed by atoms with Gasteiger partial charge in [0, 0.05) is 23.5 Å². The Labute approximate surface area is 190 Å². The van der Waals surface area contributed by atoms with E-state index in [2.05, 4.69) is 43.3 Å². The molecule has 1 aliphatic carbocycles. The summed E-state index contributed by atoms with van der Waals surface area (Å²) in [5.74, 6) is 0.0707. The monoisotopic (exact) mass is 441 g/mol. The molecule has 0 saturated heterocycles. The Kier molecular flexibility index (Phi) is 7.42. The van der Waals surface area contributed by atoms with E-state index in [1.54, 1.807) is 0 Å². The third-order valence-corrected chi connectivity index (χ3v) is 5.53. The summed E-state index contributed by atoms with van der Waals surface area (Å²) in [5.41, 5.74) is 3.38. The van der Waals surface area contributed by atoms with Crippen molar-refractivity contribution in [3.8, 4) is 11.3 Å². The molecule has 3 rings (SSSR count). The fraction of sp³-hybridized carbons (Fsp3) is 0.577. The number of aromatic nitrogens is 1. The van der Waals surface area contributed by atoms with Gasteiger partial charge in [0.05, 0.1) is 12.1 Å². The number of carboxylic acid groups (broad SMARTS) is 1. The van der Waals surface area contributed by atoms with Gasteiger partial charge in [0.1, 0.15) is 5.60 Å². The number of aliphatic carboxylic acids is 1. The van der Waals surface area contributed by atoms with Crippen molar-refractivity contribution in [2.24, 2.45) is 5.92 Å². The van der Waals surface area contributed by atoms with Gasteiger partial charge in [0.25, 0.3) is 0 Å².